The molecule has 3 aromatic rings. The normalized spacial score (nSPS) is 13.0. The number of aromatic nitrogens is 1. The lowest BCUT2D eigenvalue weighted by molar-refractivity contribution is 0.0657. The van der Waals surface area contributed by atoms with Crippen molar-refractivity contribution in [3.05, 3.63) is 77.2 Å². The van der Waals surface area contributed by atoms with Gasteiger partial charge in [-0.15, -0.1) is 24.0 Å². The number of benzene rings is 2. The van der Waals surface area contributed by atoms with Crippen LogP contribution in [0.3, 0.4) is 0 Å². The first kappa shape index (κ1) is 24.4. The fourth-order valence-corrected chi connectivity index (χ4v) is 3.44. The van der Waals surface area contributed by atoms with Crippen LogP contribution in [-0.2, 0) is 6.54 Å². The Labute approximate surface area is 209 Å². The average molecular weight is 559 g/mol. The molecule has 8 nitrogen and oxygen atoms in total. The number of imide groups is 1. The number of guanidine groups is 1. The monoisotopic (exact) mass is 559 g/mol. The van der Waals surface area contributed by atoms with Gasteiger partial charge in [0.05, 0.1) is 17.7 Å². The number of halogens is 1. The molecule has 2 amide bonds. The Morgan fingerprint density at radius 1 is 1.03 bits per heavy atom. The molecule has 0 fully saturated rings. The van der Waals surface area contributed by atoms with Crippen LogP contribution in [0.2, 0.25) is 0 Å². The SMILES string of the molecule is CCNC(=NCc1coc(-c2ccc(C)cc2)n1)NCCN1C(=O)c2ccccc2C1=O.I. The number of nitrogens with one attached hydrogen (secondary N) is 2. The lowest BCUT2D eigenvalue weighted by atomic mass is 10.1. The molecule has 1 aromatic heterocycles. The van der Waals surface area contributed by atoms with Crippen LogP contribution in [0, 0.1) is 6.92 Å². The molecule has 4 rings (SSSR count). The summed E-state index contributed by atoms with van der Waals surface area (Å²) in [7, 11) is 0. The first-order chi connectivity index (χ1) is 15.6. The second-order valence-corrected chi connectivity index (χ2v) is 7.44. The number of aliphatic imine (C=N–C) groups is 1. The summed E-state index contributed by atoms with van der Waals surface area (Å²) in [6.45, 7) is 5.63. The van der Waals surface area contributed by atoms with Gasteiger partial charge in [0.25, 0.3) is 11.8 Å². The Bertz CT molecular complexity index is 1120. The van der Waals surface area contributed by atoms with E-state index < -0.39 is 0 Å². The molecule has 0 saturated heterocycles. The van der Waals surface area contributed by atoms with E-state index in [1.807, 2.05) is 38.1 Å². The Balaban J connectivity index is 0.00000306. The van der Waals surface area contributed by atoms with Crippen LogP contribution in [0.5, 0.6) is 0 Å². The molecule has 1 aliphatic heterocycles. The lowest BCUT2D eigenvalue weighted by Crippen LogP contribution is -2.43. The van der Waals surface area contributed by atoms with Crippen LogP contribution >= 0.6 is 24.0 Å². The van der Waals surface area contributed by atoms with E-state index in [0.717, 1.165) is 5.56 Å². The van der Waals surface area contributed by atoms with Crippen LogP contribution in [0.4, 0.5) is 0 Å². The zero-order chi connectivity index (χ0) is 22.5. The van der Waals surface area contributed by atoms with Gasteiger partial charge in [0.2, 0.25) is 5.89 Å². The van der Waals surface area contributed by atoms with Crippen molar-refractivity contribution in [2.24, 2.45) is 4.99 Å². The summed E-state index contributed by atoms with van der Waals surface area (Å²) in [5.41, 5.74) is 3.70. The number of rotatable bonds is 7. The highest BCUT2D eigenvalue weighted by atomic mass is 127. The van der Waals surface area contributed by atoms with E-state index in [2.05, 4.69) is 20.6 Å². The van der Waals surface area contributed by atoms with Gasteiger partial charge in [-0.25, -0.2) is 9.98 Å². The van der Waals surface area contributed by atoms with Gasteiger partial charge < -0.3 is 15.1 Å². The highest BCUT2D eigenvalue weighted by Crippen LogP contribution is 2.22. The zero-order valence-corrected chi connectivity index (χ0v) is 20.8. The molecule has 2 N–H and O–H groups in total. The molecule has 0 atom stereocenters. The topological polar surface area (TPSA) is 99.8 Å². The number of amides is 2. The van der Waals surface area contributed by atoms with E-state index in [9.17, 15) is 9.59 Å². The van der Waals surface area contributed by atoms with E-state index in [1.54, 1.807) is 30.5 Å². The fraction of sp³-hybridized carbons (Fsp3) is 0.250. The number of fused-ring (bicyclic) bond motifs is 1. The average Bonchev–Trinajstić information content (AvgIpc) is 3.37. The molecule has 0 bridgehead atoms. The van der Waals surface area contributed by atoms with Gasteiger partial charge in [0, 0.05) is 25.2 Å². The van der Waals surface area contributed by atoms with Crippen LogP contribution in [-0.4, -0.2) is 47.3 Å². The maximum absolute atomic E-state index is 12.5. The lowest BCUT2D eigenvalue weighted by Gasteiger charge is -2.16. The molecule has 33 heavy (non-hydrogen) atoms. The summed E-state index contributed by atoms with van der Waals surface area (Å²) >= 11 is 0. The third-order valence-corrected chi connectivity index (χ3v) is 5.10. The summed E-state index contributed by atoms with van der Waals surface area (Å²) in [4.78, 5) is 35.2. The first-order valence-electron chi connectivity index (χ1n) is 10.6. The summed E-state index contributed by atoms with van der Waals surface area (Å²) in [6, 6.07) is 14.8. The van der Waals surface area contributed by atoms with Crippen molar-refractivity contribution in [1.82, 2.24) is 20.5 Å². The molecular formula is C24H26IN5O3. The van der Waals surface area contributed by atoms with Crippen molar-refractivity contribution >= 4 is 41.8 Å². The predicted molar refractivity (Wildman–Crippen MR) is 137 cm³/mol. The maximum atomic E-state index is 12.5. The molecule has 2 aromatic carbocycles. The van der Waals surface area contributed by atoms with E-state index >= 15 is 0 Å². The first-order valence-corrected chi connectivity index (χ1v) is 10.6. The minimum Gasteiger partial charge on any atom is -0.444 e. The number of hydrogen-bond donors (Lipinski definition) is 2. The molecular weight excluding hydrogens is 533 g/mol. The van der Waals surface area contributed by atoms with Crippen molar-refractivity contribution in [2.75, 3.05) is 19.6 Å². The number of carbonyl (C=O) groups excluding carboxylic acids is 2. The summed E-state index contributed by atoms with van der Waals surface area (Å²) in [5, 5.41) is 6.32. The van der Waals surface area contributed by atoms with Gasteiger partial charge in [-0.3, -0.25) is 14.5 Å². The van der Waals surface area contributed by atoms with E-state index in [-0.39, 0.29) is 42.3 Å². The largest absolute Gasteiger partial charge is 0.444 e. The second-order valence-electron chi connectivity index (χ2n) is 7.44. The van der Waals surface area contributed by atoms with E-state index in [1.165, 1.54) is 10.5 Å². The number of carbonyl (C=O) groups is 2. The second kappa shape index (κ2) is 11.1. The Hall–Kier alpha value is -3.21. The van der Waals surface area contributed by atoms with Crippen molar-refractivity contribution < 1.29 is 14.0 Å². The number of aryl methyl sites for hydroxylation is 1. The summed E-state index contributed by atoms with van der Waals surface area (Å²) < 4.78 is 5.58. The molecule has 0 unspecified atom stereocenters. The Morgan fingerprint density at radius 3 is 2.33 bits per heavy atom. The van der Waals surface area contributed by atoms with Crippen molar-refractivity contribution in [2.45, 2.75) is 20.4 Å². The third-order valence-electron chi connectivity index (χ3n) is 5.10. The number of hydrogen-bond acceptors (Lipinski definition) is 5. The number of oxazole rings is 1. The predicted octanol–water partition coefficient (Wildman–Crippen LogP) is 3.62. The number of nitrogens with zero attached hydrogens (tertiary/aromatic N) is 3. The highest BCUT2D eigenvalue weighted by Gasteiger charge is 2.34. The van der Waals surface area contributed by atoms with Gasteiger partial charge in [-0.1, -0.05) is 29.8 Å². The van der Waals surface area contributed by atoms with Gasteiger partial charge in [-0.05, 0) is 38.1 Å². The molecule has 9 heteroatoms. The van der Waals surface area contributed by atoms with Crippen LogP contribution < -0.4 is 10.6 Å². The highest BCUT2D eigenvalue weighted by molar-refractivity contribution is 14.0. The molecule has 0 saturated carbocycles. The van der Waals surface area contributed by atoms with Crippen LogP contribution in [0.15, 0.2) is 64.2 Å². The molecule has 2 heterocycles. The molecule has 0 spiro atoms. The van der Waals surface area contributed by atoms with Crippen molar-refractivity contribution in [3.8, 4) is 11.5 Å². The van der Waals surface area contributed by atoms with Crippen LogP contribution in [0.25, 0.3) is 11.5 Å². The maximum Gasteiger partial charge on any atom is 0.261 e. The summed E-state index contributed by atoms with van der Waals surface area (Å²) in [6.07, 6.45) is 1.60. The molecule has 0 aliphatic carbocycles. The smallest absolute Gasteiger partial charge is 0.261 e. The quantitative estimate of drug-likeness (QED) is 0.199. The van der Waals surface area contributed by atoms with Crippen LogP contribution in [0.1, 0.15) is 38.9 Å². The van der Waals surface area contributed by atoms with Crippen molar-refractivity contribution in [1.29, 1.82) is 0 Å². The Kier molecular flexibility index (Phi) is 8.21. The Morgan fingerprint density at radius 2 is 1.70 bits per heavy atom. The molecule has 172 valence electrons. The minimum absolute atomic E-state index is 0. The minimum atomic E-state index is -0.263. The van der Waals surface area contributed by atoms with E-state index in [4.69, 9.17) is 4.42 Å². The van der Waals surface area contributed by atoms with E-state index in [0.29, 0.717) is 48.3 Å². The standard InChI is InChI=1S/C24H25N5O3.HI/c1-3-25-24(26-12-13-29-22(30)19-6-4-5-7-20(19)23(29)31)27-14-18-15-32-21(28-18)17-10-8-16(2)9-11-17;/h4-11,15H,3,12-14H2,1-2H3,(H2,25,26,27);1H. The molecule has 1 aliphatic rings. The van der Waals surface area contributed by atoms with Gasteiger partial charge in [0.1, 0.15) is 12.0 Å². The molecule has 0 radical (unpaired) electrons. The van der Waals surface area contributed by atoms with Gasteiger partial charge in [-0.2, -0.15) is 0 Å². The van der Waals surface area contributed by atoms with Gasteiger partial charge in [0.15, 0.2) is 5.96 Å². The van der Waals surface area contributed by atoms with Gasteiger partial charge >= 0.3 is 0 Å². The fourth-order valence-electron chi connectivity index (χ4n) is 3.44. The zero-order valence-electron chi connectivity index (χ0n) is 18.5. The third kappa shape index (κ3) is 5.59. The summed E-state index contributed by atoms with van der Waals surface area (Å²) in [5.74, 6) is 0.601. The van der Waals surface area contributed by atoms with Crippen molar-refractivity contribution in [3.63, 3.8) is 0 Å².